The lowest BCUT2D eigenvalue weighted by atomic mass is 10.3. The fraction of sp³-hybridized carbons (Fsp3) is 0.143. The molecule has 2 rings (SSSR count). The number of anilines is 2. The van der Waals surface area contributed by atoms with Gasteiger partial charge in [0.05, 0.1) is 5.69 Å². The first-order chi connectivity index (χ1) is 11.8. The molecular formula is C14H10F6I2N2O2. The van der Waals surface area contributed by atoms with Crippen LogP contribution in [0.2, 0.25) is 0 Å². The van der Waals surface area contributed by atoms with Crippen LogP contribution in [0, 0.1) is 7.14 Å². The minimum absolute atomic E-state index is 0.250. The van der Waals surface area contributed by atoms with Gasteiger partial charge < -0.3 is 20.9 Å². The standard InChI is InChI=1S/C7H4F3I2NO.C7H6F3NO/c8-7(9,10)14-3-1-4(11)6(13)5(12)2-3;8-7(9,10)12-6-3-1-5(11)2-4-6/h1-2H,13H2;1-4H,11H2. The molecule has 0 aliphatic carbocycles. The largest absolute Gasteiger partial charge is 0.573 e. The predicted octanol–water partition coefficient (Wildman–Crippen LogP) is 5.54. The molecule has 144 valence electrons. The Morgan fingerprint density at radius 2 is 1.08 bits per heavy atom. The Labute approximate surface area is 171 Å². The van der Waals surface area contributed by atoms with E-state index in [-0.39, 0.29) is 11.5 Å². The molecule has 0 atom stereocenters. The van der Waals surface area contributed by atoms with Gasteiger partial charge in [0.25, 0.3) is 0 Å². The van der Waals surface area contributed by atoms with Gasteiger partial charge in [-0.3, -0.25) is 0 Å². The Balaban J connectivity index is 0.000000263. The Morgan fingerprint density at radius 1 is 0.692 bits per heavy atom. The predicted molar refractivity (Wildman–Crippen MR) is 101 cm³/mol. The van der Waals surface area contributed by atoms with E-state index in [1.807, 2.05) is 45.2 Å². The van der Waals surface area contributed by atoms with Crippen LogP contribution in [-0.2, 0) is 0 Å². The van der Waals surface area contributed by atoms with Crippen molar-refractivity contribution in [2.75, 3.05) is 11.5 Å². The number of hydrogen-bond donors (Lipinski definition) is 2. The average Bonchev–Trinajstić information content (AvgIpc) is 2.45. The quantitative estimate of drug-likeness (QED) is 0.268. The van der Waals surface area contributed by atoms with Crippen molar-refractivity contribution >= 4 is 56.6 Å². The molecule has 0 saturated carbocycles. The molecular weight excluding hydrogens is 596 g/mol. The van der Waals surface area contributed by atoms with Crippen LogP contribution in [0.5, 0.6) is 11.5 Å². The smallest absolute Gasteiger partial charge is 0.406 e. The Kier molecular flexibility index (Phi) is 7.91. The lowest BCUT2D eigenvalue weighted by molar-refractivity contribution is -0.275. The van der Waals surface area contributed by atoms with Crippen molar-refractivity contribution in [3.8, 4) is 11.5 Å². The van der Waals surface area contributed by atoms with E-state index >= 15 is 0 Å². The van der Waals surface area contributed by atoms with Crippen molar-refractivity contribution < 1.29 is 35.8 Å². The van der Waals surface area contributed by atoms with E-state index < -0.39 is 12.7 Å². The zero-order valence-corrected chi connectivity index (χ0v) is 16.8. The molecule has 0 aliphatic heterocycles. The van der Waals surface area contributed by atoms with Gasteiger partial charge in [0.2, 0.25) is 0 Å². The van der Waals surface area contributed by atoms with Crippen LogP contribution in [0.3, 0.4) is 0 Å². The summed E-state index contributed by atoms with van der Waals surface area (Å²) in [7, 11) is 0. The molecule has 0 bridgehead atoms. The number of nitrogens with two attached hydrogens (primary N) is 2. The van der Waals surface area contributed by atoms with E-state index in [2.05, 4.69) is 9.47 Å². The highest BCUT2D eigenvalue weighted by atomic mass is 127. The minimum Gasteiger partial charge on any atom is -0.406 e. The lowest BCUT2D eigenvalue weighted by Crippen LogP contribution is -2.17. The number of ether oxygens (including phenoxy) is 2. The Morgan fingerprint density at radius 3 is 1.46 bits per heavy atom. The number of rotatable bonds is 2. The van der Waals surface area contributed by atoms with Crippen molar-refractivity contribution in [2.24, 2.45) is 0 Å². The molecule has 0 spiro atoms. The summed E-state index contributed by atoms with van der Waals surface area (Å²) in [6, 6.07) is 7.46. The van der Waals surface area contributed by atoms with Crippen molar-refractivity contribution in [3.05, 3.63) is 43.5 Å². The first-order valence-electron chi connectivity index (χ1n) is 6.38. The van der Waals surface area contributed by atoms with Crippen LogP contribution in [0.1, 0.15) is 0 Å². The third kappa shape index (κ3) is 8.86. The number of nitrogen functional groups attached to an aromatic ring is 2. The molecule has 0 heterocycles. The third-order valence-electron chi connectivity index (χ3n) is 2.40. The molecule has 12 heteroatoms. The van der Waals surface area contributed by atoms with Gasteiger partial charge in [-0.1, -0.05) is 0 Å². The highest BCUT2D eigenvalue weighted by Crippen LogP contribution is 2.30. The highest BCUT2D eigenvalue weighted by molar-refractivity contribution is 14.1. The second-order valence-corrected chi connectivity index (χ2v) is 6.79. The number of halogens is 8. The Hall–Kier alpha value is -1.32. The van der Waals surface area contributed by atoms with Crippen molar-refractivity contribution in [2.45, 2.75) is 12.7 Å². The van der Waals surface area contributed by atoms with E-state index in [1.54, 1.807) is 0 Å². The topological polar surface area (TPSA) is 70.5 Å². The molecule has 0 radical (unpaired) electrons. The van der Waals surface area contributed by atoms with Gasteiger partial charge in [0.1, 0.15) is 11.5 Å². The molecule has 0 aromatic heterocycles. The van der Waals surface area contributed by atoms with Gasteiger partial charge in [-0.15, -0.1) is 26.3 Å². The molecule has 4 nitrogen and oxygen atoms in total. The van der Waals surface area contributed by atoms with E-state index in [0.717, 1.165) is 12.1 Å². The van der Waals surface area contributed by atoms with Crippen LogP contribution in [0.25, 0.3) is 0 Å². The lowest BCUT2D eigenvalue weighted by Gasteiger charge is -2.10. The van der Waals surface area contributed by atoms with E-state index in [1.165, 1.54) is 24.3 Å². The third-order valence-corrected chi connectivity index (χ3v) is 4.18. The maximum Gasteiger partial charge on any atom is 0.573 e. The highest BCUT2D eigenvalue weighted by Gasteiger charge is 2.31. The molecule has 26 heavy (non-hydrogen) atoms. The average molecular weight is 606 g/mol. The second-order valence-electron chi connectivity index (χ2n) is 4.47. The van der Waals surface area contributed by atoms with Gasteiger partial charge in [0, 0.05) is 12.8 Å². The van der Waals surface area contributed by atoms with Crippen molar-refractivity contribution in [3.63, 3.8) is 0 Å². The van der Waals surface area contributed by atoms with E-state index in [4.69, 9.17) is 11.5 Å². The summed E-state index contributed by atoms with van der Waals surface area (Å²) in [6.07, 6.45) is -9.31. The van der Waals surface area contributed by atoms with Gasteiger partial charge in [-0.05, 0) is 81.6 Å². The summed E-state index contributed by atoms with van der Waals surface area (Å²) in [4.78, 5) is 0. The summed E-state index contributed by atoms with van der Waals surface area (Å²) in [5.41, 5.74) is 11.7. The normalized spacial score (nSPS) is 11.4. The first-order valence-corrected chi connectivity index (χ1v) is 8.54. The molecule has 2 aromatic rings. The zero-order chi connectivity index (χ0) is 20.1. The monoisotopic (exact) mass is 606 g/mol. The van der Waals surface area contributed by atoms with Gasteiger partial charge in [-0.2, -0.15) is 0 Å². The Bertz CT molecular complexity index is 713. The second kappa shape index (κ2) is 9.05. The van der Waals surface area contributed by atoms with E-state index in [0.29, 0.717) is 18.5 Å². The molecule has 4 N–H and O–H groups in total. The van der Waals surface area contributed by atoms with Crippen LogP contribution >= 0.6 is 45.2 Å². The molecule has 0 unspecified atom stereocenters. The van der Waals surface area contributed by atoms with Crippen LogP contribution < -0.4 is 20.9 Å². The SMILES string of the molecule is Nc1c(I)cc(OC(F)(F)F)cc1I.Nc1ccc(OC(F)(F)F)cc1. The molecule has 0 amide bonds. The summed E-state index contributed by atoms with van der Waals surface area (Å²) >= 11 is 3.70. The maximum atomic E-state index is 11.8. The molecule has 0 saturated heterocycles. The first kappa shape index (κ1) is 22.7. The van der Waals surface area contributed by atoms with Gasteiger partial charge in [-0.25, -0.2) is 0 Å². The summed E-state index contributed by atoms with van der Waals surface area (Å²) in [6.45, 7) is 0. The molecule has 0 aliphatic rings. The number of alkyl halides is 6. The maximum absolute atomic E-state index is 11.8. The zero-order valence-electron chi connectivity index (χ0n) is 12.5. The van der Waals surface area contributed by atoms with Crippen molar-refractivity contribution in [1.29, 1.82) is 0 Å². The minimum atomic E-state index is -4.66. The fourth-order valence-corrected chi connectivity index (χ4v) is 3.13. The summed E-state index contributed by atoms with van der Waals surface area (Å²) < 4.78 is 78.7. The summed E-state index contributed by atoms with van der Waals surface area (Å²) in [5.74, 6) is -0.516. The number of benzene rings is 2. The molecule has 0 fully saturated rings. The van der Waals surface area contributed by atoms with E-state index in [9.17, 15) is 26.3 Å². The van der Waals surface area contributed by atoms with Gasteiger partial charge in [0.15, 0.2) is 0 Å². The van der Waals surface area contributed by atoms with Crippen molar-refractivity contribution in [1.82, 2.24) is 0 Å². The fourth-order valence-electron chi connectivity index (χ4n) is 1.42. The van der Waals surface area contributed by atoms with Crippen LogP contribution in [0.4, 0.5) is 37.7 Å². The van der Waals surface area contributed by atoms with Crippen LogP contribution in [-0.4, -0.2) is 12.7 Å². The number of hydrogen-bond acceptors (Lipinski definition) is 4. The molecule has 2 aromatic carbocycles. The van der Waals surface area contributed by atoms with Gasteiger partial charge >= 0.3 is 12.7 Å². The summed E-state index contributed by atoms with van der Waals surface area (Å²) in [5, 5.41) is 0. The van der Waals surface area contributed by atoms with Crippen LogP contribution in [0.15, 0.2) is 36.4 Å².